The Hall–Kier alpha value is -3.63. The van der Waals surface area contributed by atoms with Gasteiger partial charge in [-0.15, -0.1) is 0 Å². The van der Waals surface area contributed by atoms with Crippen molar-refractivity contribution in [2.75, 3.05) is 27.3 Å². The lowest BCUT2D eigenvalue weighted by atomic mass is 9.86. The van der Waals surface area contributed by atoms with Crippen LogP contribution >= 0.6 is 0 Å². The van der Waals surface area contributed by atoms with Crippen LogP contribution in [0.4, 0.5) is 4.39 Å². The van der Waals surface area contributed by atoms with Gasteiger partial charge in [0.2, 0.25) is 5.91 Å². The Morgan fingerprint density at radius 2 is 2.05 bits per heavy atom. The zero-order chi connectivity index (χ0) is 26.6. The van der Waals surface area contributed by atoms with Gasteiger partial charge >= 0.3 is 5.97 Å². The molecule has 0 aliphatic carbocycles. The highest BCUT2D eigenvalue weighted by atomic mass is 19.1. The van der Waals surface area contributed by atoms with E-state index in [9.17, 15) is 23.9 Å². The Morgan fingerprint density at radius 1 is 1.30 bits per heavy atom. The summed E-state index contributed by atoms with van der Waals surface area (Å²) in [6, 6.07) is 4.74. The predicted octanol–water partition coefficient (Wildman–Crippen LogP) is 2.17. The number of benzene rings is 1. The van der Waals surface area contributed by atoms with Gasteiger partial charge in [-0.05, 0) is 43.0 Å². The van der Waals surface area contributed by atoms with Crippen LogP contribution in [0.2, 0.25) is 0 Å². The maximum atomic E-state index is 14.6. The van der Waals surface area contributed by atoms with Crippen molar-refractivity contribution in [3.05, 3.63) is 62.2 Å². The van der Waals surface area contributed by atoms with Gasteiger partial charge in [0.05, 0.1) is 29.0 Å². The maximum absolute atomic E-state index is 14.6. The van der Waals surface area contributed by atoms with Crippen molar-refractivity contribution in [1.82, 2.24) is 14.5 Å². The number of aromatic nitrogens is 2. The van der Waals surface area contributed by atoms with Gasteiger partial charge in [-0.1, -0.05) is 6.92 Å². The molecule has 37 heavy (non-hydrogen) atoms. The molecule has 0 radical (unpaired) electrons. The van der Waals surface area contributed by atoms with E-state index in [4.69, 9.17) is 14.5 Å². The molecule has 4 heterocycles. The molecule has 3 aromatic rings. The fraction of sp³-hybridized carbons (Fsp3) is 0.407. The SMILES string of the molecule is CC[C@@]1(O)C(=O)OCc2c1cc1n(c2=O)Cc2c-1nc1cc(F)c(C)cc1c2CCN(C)C(=O)COC. The Balaban J connectivity index is 1.70. The Kier molecular flexibility index (Phi) is 6.12. The summed E-state index contributed by atoms with van der Waals surface area (Å²) in [5.74, 6) is -1.36. The molecule has 0 fully saturated rings. The molecule has 5 rings (SSSR count). The summed E-state index contributed by atoms with van der Waals surface area (Å²) in [6.07, 6.45) is 0.485. The number of carbonyl (C=O) groups is 2. The van der Waals surface area contributed by atoms with Crippen LogP contribution in [0.25, 0.3) is 22.3 Å². The second-order valence-corrected chi connectivity index (χ2v) is 9.64. The highest BCUT2D eigenvalue weighted by Crippen LogP contribution is 2.40. The number of fused-ring (bicyclic) bond motifs is 5. The fourth-order valence-electron chi connectivity index (χ4n) is 5.22. The van der Waals surface area contributed by atoms with Crippen LogP contribution in [0.1, 0.15) is 41.2 Å². The number of pyridine rings is 2. The highest BCUT2D eigenvalue weighted by Gasteiger charge is 2.45. The number of ether oxygens (including phenoxy) is 2. The van der Waals surface area contributed by atoms with E-state index < -0.39 is 17.4 Å². The van der Waals surface area contributed by atoms with Gasteiger partial charge in [-0.25, -0.2) is 14.2 Å². The summed E-state index contributed by atoms with van der Waals surface area (Å²) in [6.45, 7) is 3.67. The van der Waals surface area contributed by atoms with Crippen molar-refractivity contribution < 1.29 is 28.6 Å². The first-order valence-corrected chi connectivity index (χ1v) is 12.1. The van der Waals surface area contributed by atoms with Gasteiger partial charge in [0.15, 0.2) is 5.60 Å². The number of hydrogen-bond donors (Lipinski definition) is 1. The third kappa shape index (κ3) is 3.82. The molecular weight excluding hydrogens is 481 g/mol. The van der Waals surface area contributed by atoms with Crippen molar-refractivity contribution in [2.24, 2.45) is 0 Å². The maximum Gasteiger partial charge on any atom is 0.343 e. The third-order valence-electron chi connectivity index (χ3n) is 7.48. The fourth-order valence-corrected chi connectivity index (χ4v) is 5.22. The lowest BCUT2D eigenvalue weighted by Gasteiger charge is -2.31. The molecule has 1 aromatic carbocycles. The van der Waals surface area contributed by atoms with Crippen LogP contribution in [0.15, 0.2) is 23.0 Å². The number of methoxy groups -OCH3 is 1. The average molecular weight is 510 g/mol. The first-order valence-electron chi connectivity index (χ1n) is 12.1. The number of carbonyl (C=O) groups excluding carboxylic acids is 2. The largest absolute Gasteiger partial charge is 0.458 e. The molecule has 1 atom stereocenters. The zero-order valence-electron chi connectivity index (χ0n) is 21.2. The topological polar surface area (TPSA) is 111 Å². The number of cyclic esters (lactones) is 1. The van der Waals surface area contributed by atoms with Crippen molar-refractivity contribution in [3.8, 4) is 11.4 Å². The molecule has 0 saturated heterocycles. The number of amides is 1. The predicted molar refractivity (Wildman–Crippen MR) is 132 cm³/mol. The van der Waals surface area contributed by atoms with E-state index in [0.717, 1.165) is 16.5 Å². The van der Waals surface area contributed by atoms with E-state index in [1.54, 1.807) is 42.5 Å². The lowest BCUT2D eigenvalue weighted by Crippen LogP contribution is -2.44. The van der Waals surface area contributed by atoms with E-state index >= 15 is 0 Å². The van der Waals surface area contributed by atoms with Crippen LogP contribution < -0.4 is 5.56 Å². The molecule has 0 spiro atoms. The summed E-state index contributed by atoms with van der Waals surface area (Å²) in [7, 11) is 3.14. The standard InChI is InChI=1S/C27H28FN3O6/c1-5-27(35)19-9-22-24-17(11-31(22)25(33)18(19)12-37-26(27)34)15(6-7-30(3)23(32)13-36-4)16-8-14(2)20(28)10-21(16)29-24/h8-10,35H,5-7,11-13H2,1-4H3/t27-/m0/s1. The summed E-state index contributed by atoms with van der Waals surface area (Å²) in [5, 5.41) is 11.8. The summed E-state index contributed by atoms with van der Waals surface area (Å²) >= 11 is 0. The highest BCUT2D eigenvalue weighted by molar-refractivity contribution is 5.89. The van der Waals surface area contributed by atoms with Gasteiger partial charge in [-0.3, -0.25) is 9.59 Å². The second-order valence-electron chi connectivity index (χ2n) is 9.64. The minimum absolute atomic E-state index is 0.0382. The molecule has 2 aliphatic rings. The van der Waals surface area contributed by atoms with E-state index in [1.165, 1.54) is 13.2 Å². The summed E-state index contributed by atoms with van der Waals surface area (Å²) in [4.78, 5) is 44.5. The van der Waals surface area contributed by atoms with Crippen LogP contribution in [0, 0.1) is 12.7 Å². The van der Waals surface area contributed by atoms with E-state index in [-0.39, 0.29) is 48.8 Å². The monoisotopic (exact) mass is 509 g/mol. The molecule has 0 unspecified atom stereocenters. The van der Waals surface area contributed by atoms with Gasteiger partial charge < -0.3 is 24.0 Å². The molecule has 10 heteroatoms. The number of aryl methyl sites for hydroxylation is 1. The molecule has 194 valence electrons. The molecule has 2 aromatic heterocycles. The number of halogens is 1. The van der Waals surface area contributed by atoms with Crippen molar-refractivity contribution in [2.45, 2.75) is 45.4 Å². The van der Waals surface area contributed by atoms with Gasteiger partial charge in [0, 0.05) is 43.3 Å². The second kappa shape index (κ2) is 9.04. The van der Waals surface area contributed by atoms with E-state index in [1.807, 2.05) is 0 Å². The van der Waals surface area contributed by atoms with E-state index in [0.29, 0.717) is 35.4 Å². The summed E-state index contributed by atoms with van der Waals surface area (Å²) < 4.78 is 26.2. The Labute approximate surface area is 212 Å². The summed E-state index contributed by atoms with van der Waals surface area (Å²) in [5.41, 5.74) is 1.64. The zero-order valence-corrected chi connectivity index (χ0v) is 21.2. The number of nitrogens with zero attached hydrogens (tertiary/aromatic N) is 3. The van der Waals surface area contributed by atoms with Crippen LogP contribution in [-0.2, 0) is 44.2 Å². The quantitative estimate of drug-likeness (QED) is 0.397. The number of likely N-dealkylation sites (N-methyl/N-ethyl adjacent to an activating group) is 1. The number of esters is 1. The van der Waals surface area contributed by atoms with Crippen LogP contribution in [0.3, 0.4) is 0 Å². The molecule has 2 aliphatic heterocycles. The van der Waals surface area contributed by atoms with Crippen molar-refractivity contribution >= 4 is 22.8 Å². The van der Waals surface area contributed by atoms with Gasteiger partial charge in [-0.2, -0.15) is 0 Å². The minimum Gasteiger partial charge on any atom is -0.458 e. The molecule has 1 N–H and O–H groups in total. The van der Waals surface area contributed by atoms with Gasteiger partial charge in [0.25, 0.3) is 5.56 Å². The van der Waals surface area contributed by atoms with Crippen LogP contribution in [0.5, 0.6) is 0 Å². The normalized spacial score (nSPS) is 17.8. The van der Waals surface area contributed by atoms with Crippen molar-refractivity contribution in [1.29, 1.82) is 0 Å². The van der Waals surface area contributed by atoms with Gasteiger partial charge in [0.1, 0.15) is 19.0 Å². The molecule has 9 nitrogen and oxygen atoms in total. The van der Waals surface area contributed by atoms with Crippen LogP contribution in [-0.4, -0.2) is 58.7 Å². The Bertz CT molecular complexity index is 1530. The number of aliphatic hydroxyl groups is 1. The average Bonchev–Trinajstić information content (AvgIpc) is 3.24. The molecule has 0 saturated carbocycles. The molecular formula is C27H28FN3O6. The molecule has 0 bridgehead atoms. The third-order valence-corrected chi connectivity index (χ3v) is 7.48. The molecule has 1 amide bonds. The smallest absolute Gasteiger partial charge is 0.343 e. The van der Waals surface area contributed by atoms with E-state index in [2.05, 4.69) is 0 Å². The number of rotatable bonds is 6. The first kappa shape index (κ1) is 25.0. The number of hydrogen-bond acceptors (Lipinski definition) is 7. The Morgan fingerprint density at radius 3 is 2.76 bits per heavy atom. The first-order chi connectivity index (χ1) is 17.6. The minimum atomic E-state index is -1.93. The lowest BCUT2D eigenvalue weighted by molar-refractivity contribution is -0.172. The van der Waals surface area contributed by atoms with Crippen molar-refractivity contribution in [3.63, 3.8) is 0 Å².